The molecule has 0 amide bonds. The number of pyridine rings is 1. The summed E-state index contributed by atoms with van der Waals surface area (Å²) >= 11 is 8.19. The second-order valence-corrected chi connectivity index (χ2v) is 9.42. The highest BCUT2D eigenvalue weighted by atomic mass is 127. The third-order valence-corrected chi connectivity index (χ3v) is 6.59. The van der Waals surface area contributed by atoms with E-state index in [9.17, 15) is 4.79 Å². The zero-order valence-corrected chi connectivity index (χ0v) is 21.3. The molecule has 170 valence electrons. The normalized spacial score (nSPS) is 12.1. The second-order valence-electron chi connectivity index (χ2n) is 7.92. The largest absolute Gasteiger partial charge is 0.361 e. The minimum atomic E-state index is -0.251. The van der Waals surface area contributed by atoms with Gasteiger partial charge in [0.25, 0.3) is 5.56 Å². The number of rotatable bonds is 5. The molecule has 1 atom stereocenters. The minimum absolute atomic E-state index is 0.0952. The maximum Gasteiger partial charge on any atom is 0.263 e. The van der Waals surface area contributed by atoms with Gasteiger partial charge in [-0.3, -0.25) is 14.0 Å². The molecule has 5 aromatic rings. The van der Waals surface area contributed by atoms with Crippen LogP contribution in [0.25, 0.3) is 27.6 Å². The smallest absolute Gasteiger partial charge is 0.263 e. The first-order chi connectivity index (χ1) is 16.4. The standard InChI is InChI=1S/C25H20ClIN6O/c1-15(30-23-20(27)13-28-25(26)31-23)21-11-16-7-6-10-19(17-12-29-32(2)14-17)22(16)24(34)33(21)18-8-4-3-5-9-18/h3-15H,1-2H3,(H,28,30,31)/t15-/m0/s1. The Labute approximate surface area is 214 Å². The Hall–Kier alpha value is -3.24. The molecule has 34 heavy (non-hydrogen) atoms. The summed E-state index contributed by atoms with van der Waals surface area (Å²) in [6.45, 7) is 2.00. The third-order valence-electron chi connectivity index (χ3n) is 5.62. The highest BCUT2D eigenvalue weighted by Crippen LogP contribution is 2.30. The van der Waals surface area contributed by atoms with Gasteiger partial charge in [0, 0.05) is 36.4 Å². The summed E-state index contributed by atoms with van der Waals surface area (Å²) in [5, 5.41) is 9.36. The lowest BCUT2D eigenvalue weighted by Gasteiger charge is -2.22. The van der Waals surface area contributed by atoms with Gasteiger partial charge < -0.3 is 5.32 Å². The Morgan fingerprint density at radius 1 is 1.09 bits per heavy atom. The summed E-state index contributed by atoms with van der Waals surface area (Å²) in [6.07, 6.45) is 5.36. The fourth-order valence-corrected chi connectivity index (χ4v) is 4.62. The van der Waals surface area contributed by atoms with E-state index in [0.29, 0.717) is 11.2 Å². The molecule has 0 aliphatic heterocycles. The van der Waals surface area contributed by atoms with E-state index in [2.05, 4.69) is 49.0 Å². The van der Waals surface area contributed by atoms with E-state index < -0.39 is 0 Å². The van der Waals surface area contributed by atoms with Crippen molar-refractivity contribution in [1.82, 2.24) is 24.3 Å². The van der Waals surface area contributed by atoms with Crippen molar-refractivity contribution < 1.29 is 0 Å². The molecule has 0 saturated carbocycles. The molecule has 3 heterocycles. The van der Waals surface area contributed by atoms with Crippen LogP contribution >= 0.6 is 34.2 Å². The highest BCUT2D eigenvalue weighted by molar-refractivity contribution is 14.1. The summed E-state index contributed by atoms with van der Waals surface area (Å²) < 4.78 is 4.33. The molecule has 3 aromatic heterocycles. The molecular weight excluding hydrogens is 563 g/mol. The van der Waals surface area contributed by atoms with Gasteiger partial charge >= 0.3 is 0 Å². The van der Waals surface area contributed by atoms with E-state index in [4.69, 9.17) is 11.6 Å². The lowest BCUT2D eigenvalue weighted by Crippen LogP contribution is -2.26. The number of benzene rings is 2. The van der Waals surface area contributed by atoms with Crippen LogP contribution in [0.15, 0.2) is 78.0 Å². The topological polar surface area (TPSA) is 77.6 Å². The van der Waals surface area contributed by atoms with E-state index in [1.165, 1.54) is 0 Å². The van der Waals surface area contributed by atoms with Crippen LogP contribution in [0.2, 0.25) is 5.28 Å². The number of anilines is 1. The first-order valence-corrected chi connectivity index (χ1v) is 12.1. The number of hydrogen-bond acceptors (Lipinski definition) is 5. The van der Waals surface area contributed by atoms with Crippen molar-refractivity contribution in [2.75, 3.05) is 5.32 Å². The minimum Gasteiger partial charge on any atom is -0.361 e. The van der Waals surface area contributed by atoms with Crippen LogP contribution in [-0.2, 0) is 7.05 Å². The van der Waals surface area contributed by atoms with Crippen LogP contribution < -0.4 is 10.9 Å². The van der Waals surface area contributed by atoms with E-state index in [1.807, 2.05) is 68.7 Å². The third kappa shape index (κ3) is 4.19. The summed E-state index contributed by atoms with van der Waals surface area (Å²) in [7, 11) is 1.86. The Balaban J connectivity index is 1.75. The zero-order chi connectivity index (χ0) is 23.8. The number of nitrogens with one attached hydrogen (secondary N) is 1. The van der Waals surface area contributed by atoms with Crippen LogP contribution in [0.1, 0.15) is 18.7 Å². The zero-order valence-electron chi connectivity index (χ0n) is 18.4. The van der Waals surface area contributed by atoms with Gasteiger partial charge in [-0.25, -0.2) is 4.98 Å². The van der Waals surface area contributed by atoms with Crippen molar-refractivity contribution in [3.05, 3.63) is 98.1 Å². The number of aromatic nitrogens is 5. The van der Waals surface area contributed by atoms with Gasteiger partial charge in [-0.2, -0.15) is 10.1 Å². The predicted molar refractivity (Wildman–Crippen MR) is 144 cm³/mol. The lowest BCUT2D eigenvalue weighted by atomic mass is 9.99. The van der Waals surface area contributed by atoms with Gasteiger partial charge in [-0.1, -0.05) is 36.4 Å². The van der Waals surface area contributed by atoms with Crippen LogP contribution in [0, 0.1) is 3.57 Å². The quantitative estimate of drug-likeness (QED) is 0.215. The van der Waals surface area contributed by atoms with Crippen molar-refractivity contribution in [1.29, 1.82) is 0 Å². The van der Waals surface area contributed by atoms with E-state index in [-0.39, 0.29) is 16.9 Å². The summed E-state index contributed by atoms with van der Waals surface area (Å²) in [6, 6.07) is 17.3. The van der Waals surface area contributed by atoms with Crippen LogP contribution in [0.5, 0.6) is 0 Å². The molecule has 7 nitrogen and oxygen atoms in total. The molecule has 0 spiro atoms. The van der Waals surface area contributed by atoms with E-state index >= 15 is 0 Å². The van der Waals surface area contributed by atoms with Gasteiger partial charge in [0.1, 0.15) is 5.82 Å². The van der Waals surface area contributed by atoms with E-state index in [0.717, 1.165) is 31.5 Å². The van der Waals surface area contributed by atoms with Crippen LogP contribution in [-0.4, -0.2) is 24.3 Å². The van der Waals surface area contributed by atoms with Gasteiger partial charge in [0.05, 0.1) is 21.2 Å². The summed E-state index contributed by atoms with van der Waals surface area (Å²) in [5.41, 5.74) is 3.24. The summed E-state index contributed by atoms with van der Waals surface area (Å²) in [4.78, 5) is 22.4. The lowest BCUT2D eigenvalue weighted by molar-refractivity contribution is 0.768. The molecule has 0 bridgehead atoms. The Morgan fingerprint density at radius 2 is 1.88 bits per heavy atom. The first-order valence-electron chi connectivity index (χ1n) is 10.6. The van der Waals surface area contributed by atoms with Gasteiger partial charge in [0.2, 0.25) is 5.28 Å². The average Bonchev–Trinajstić information content (AvgIpc) is 3.27. The molecule has 9 heteroatoms. The molecule has 0 saturated heterocycles. The number of aryl methyl sites for hydroxylation is 1. The van der Waals surface area contributed by atoms with Gasteiger partial charge in [-0.05, 0) is 70.3 Å². The van der Waals surface area contributed by atoms with Crippen LogP contribution in [0.3, 0.4) is 0 Å². The molecule has 1 N–H and O–H groups in total. The number of hydrogen-bond donors (Lipinski definition) is 1. The van der Waals surface area contributed by atoms with Crippen molar-refractivity contribution in [3.63, 3.8) is 0 Å². The number of nitrogens with zero attached hydrogens (tertiary/aromatic N) is 5. The number of fused-ring (bicyclic) bond motifs is 1. The fraction of sp³-hybridized carbons (Fsp3) is 0.120. The van der Waals surface area contributed by atoms with Gasteiger partial charge in [-0.15, -0.1) is 0 Å². The Kier molecular flexibility index (Phi) is 6.09. The monoisotopic (exact) mass is 582 g/mol. The van der Waals surface area contributed by atoms with Gasteiger partial charge in [0.15, 0.2) is 0 Å². The van der Waals surface area contributed by atoms with Crippen LogP contribution in [0.4, 0.5) is 5.82 Å². The molecule has 0 unspecified atom stereocenters. The molecule has 5 rings (SSSR count). The number of halogens is 2. The summed E-state index contributed by atoms with van der Waals surface area (Å²) in [5.74, 6) is 0.615. The van der Waals surface area contributed by atoms with Crippen molar-refractivity contribution in [3.8, 4) is 16.8 Å². The highest BCUT2D eigenvalue weighted by Gasteiger charge is 2.20. The second kappa shape index (κ2) is 9.19. The molecule has 2 aromatic carbocycles. The fourth-order valence-electron chi connectivity index (χ4n) is 4.07. The molecular formula is C25H20ClIN6O. The Bertz CT molecular complexity index is 1560. The molecule has 0 fully saturated rings. The average molecular weight is 583 g/mol. The van der Waals surface area contributed by atoms with Crippen molar-refractivity contribution in [2.24, 2.45) is 7.05 Å². The molecule has 0 radical (unpaired) electrons. The predicted octanol–water partition coefficient (Wildman–Crippen LogP) is 5.61. The molecule has 0 aliphatic rings. The first kappa shape index (κ1) is 22.5. The maximum absolute atomic E-state index is 14.1. The van der Waals surface area contributed by atoms with E-state index in [1.54, 1.807) is 21.6 Å². The molecule has 0 aliphatic carbocycles. The van der Waals surface area contributed by atoms with Crippen molar-refractivity contribution in [2.45, 2.75) is 13.0 Å². The Morgan fingerprint density at radius 3 is 2.62 bits per heavy atom. The number of para-hydroxylation sites is 1. The van der Waals surface area contributed by atoms with Crippen molar-refractivity contribution >= 4 is 50.8 Å². The SMILES string of the molecule is C[C@H](Nc1nc(Cl)ncc1I)c1cc2cccc(-c3cnn(C)c3)c2c(=O)n1-c1ccccc1. The maximum atomic E-state index is 14.1.